The number of aliphatic hydroxyl groups is 2. The van der Waals surface area contributed by atoms with Crippen molar-refractivity contribution in [3.63, 3.8) is 0 Å². The number of aliphatic hydroxyl groups excluding tert-OH is 2. The molecule has 1 aromatic rings. The number of amides is 2. The van der Waals surface area contributed by atoms with Crippen molar-refractivity contribution in [3.05, 3.63) is 35.9 Å². The highest BCUT2D eigenvalue weighted by Crippen LogP contribution is 2.53. The van der Waals surface area contributed by atoms with Gasteiger partial charge < -0.3 is 24.7 Å². The molecule has 1 aromatic carbocycles. The lowest BCUT2D eigenvalue weighted by Gasteiger charge is -2.42. The summed E-state index contributed by atoms with van der Waals surface area (Å²) in [5.41, 5.74) is 1.07. The Hall–Kier alpha value is -2.16. The Labute approximate surface area is 189 Å². The van der Waals surface area contributed by atoms with E-state index in [4.69, 9.17) is 4.74 Å². The molecule has 0 unspecified atom stereocenters. The molecule has 4 rings (SSSR count). The number of hydrogen-bond acceptors (Lipinski definition) is 6. The number of nitrogens with zero attached hydrogens (tertiary/aromatic N) is 3. The van der Waals surface area contributed by atoms with E-state index in [0.29, 0.717) is 26.1 Å². The summed E-state index contributed by atoms with van der Waals surface area (Å²) in [5.74, 6) is -0.164. The van der Waals surface area contributed by atoms with Gasteiger partial charge in [0.15, 0.2) is 0 Å². The highest BCUT2D eigenvalue weighted by molar-refractivity contribution is 5.86. The first-order valence-electron chi connectivity index (χ1n) is 11.7. The monoisotopic (exact) mass is 445 g/mol. The van der Waals surface area contributed by atoms with Crippen molar-refractivity contribution in [1.29, 1.82) is 0 Å². The maximum Gasteiger partial charge on any atom is 0.410 e. The number of piperazine rings is 1. The number of rotatable bonds is 7. The number of ether oxygens (including phenoxy) is 1. The predicted octanol–water partition coefficient (Wildman–Crippen LogP) is 1.45. The van der Waals surface area contributed by atoms with Crippen LogP contribution in [0.25, 0.3) is 0 Å². The average Bonchev–Trinajstić information content (AvgIpc) is 3.59. The zero-order valence-corrected chi connectivity index (χ0v) is 18.9. The van der Waals surface area contributed by atoms with Crippen LogP contribution < -0.4 is 0 Å². The van der Waals surface area contributed by atoms with Gasteiger partial charge >= 0.3 is 6.09 Å². The number of hydrogen-bond donors (Lipinski definition) is 2. The van der Waals surface area contributed by atoms with Crippen molar-refractivity contribution in [3.8, 4) is 0 Å². The molecule has 32 heavy (non-hydrogen) atoms. The molecule has 3 fully saturated rings. The first-order chi connectivity index (χ1) is 15.4. The second kappa shape index (κ2) is 9.77. The molecule has 8 nitrogen and oxygen atoms in total. The minimum Gasteiger partial charge on any atom is -0.445 e. The molecular weight excluding hydrogens is 410 g/mol. The Bertz CT molecular complexity index is 800. The Balaban J connectivity index is 1.26. The zero-order chi connectivity index (χ0) is 22.7. The molecule has 3 aliphatic rings. The van der Waals surface area contributed by atoms with Crippen molar-refractivity contribution >= 4 is 12.0 Å². The summed E-state index contributed by atoms with van der Waals surface area (Å²) < 4.78 is 5.40. The lowest BCUT2D eigenvalue weighted by molar-refractivity contribution is -0.144. The van der Waals surface area contributed by atoms with E-state index in [2.05, 4.69) is 4.90 Å². The Morgan fingerprint density at radius 2 is 1.94 bits per heavy atom. The number of carbonyl (C=O) groups excluding carboxylic acids is 2. The van der Waals surface area contributed by atoms with E-state index in [1.54, 1.807) is 11.8 Å². The van der Waals surface area contributed by atoms with Crippen LogP contribution in [0.5, 0.6) is 0 Å². The van der Waals surface area contributed by atoms with Crippen LogP contribution in [0.15, 0.2) is 30.3 Å². The summed E-state index contributed by atoms with van der Waals surface area (Å²) >= 11 is 0. The fourth-order valence-electron chi connectivity index (χ4n) is 5.01. The van der Waals surface area contributed by atoms with Gasteiger partial charge in [0.05, 0.1) is 18.8 Å². The normalized spacial score (nSPS) is 26.3. The van der Waals surface area contributed by atoms with Gasteiger partial charge in [0.25, 0.3) is 0 Å². The fourth-order valence-corrected chi connectivity index (χ4v) is 5.01. The van der Waals surface area contributed by atoms with Crippen LogP contribution in [0.1, 0.15) is 38.2 Å². The van der Waals surface area contributed by atoms with Crippen LogP contribution in [-0.4, -0.2) is 94.4 Å². The molecule has 1 spiro atoms. The second-order valence-electron chi connectivity index (χ2n) is 9.50. The SMILES string of the molecule is C[C@H]1C(=O)N([C@H](CO)CCN2CCC3(CC3)[C@H](O)C2)CCN1C(=O)OCc1ccccc1. The standard InChI is InChI=1S/C24H35N3O5/c1-18-22(30)27(14-13-26(18)23(31)32-17-19-5-3-2-4-6-19)20(16-28)7-11-25-12-10-24(8-9-24)21(29)15-25/h2-6,18,20-21,28-29H,7-17H2,1H3/t18-,20-,21+/m0/s1. The van der Waals surface area contributed by atoms with Crippen molar-refractivity contribution in [2.24, 2.45) is 5.41 Å². The number of likely N-dealkylation sites (tertiary alicyclic amines) is 1. The maximum absolute atomic E-state index is 13.0. The van der Waals surface area contributed by atoms with Crippen LogP contribution >= 0.6 is 0 Å². The van der Waals surface area contributed by atoms with Crippen molar-refractivity contribution < 1.29 is 24.5 Å². The van der Waals surface area contributed by atoms with Crippen LogP contribution in [-0.2, 0) is 16.1 Å². The summed E-state index contributed by atoms with van der Waals surface area (Å²) in [6, 6.07) is 8.53. The second-order valence-corrected chi connectivity index (χ2v) is 9.50. The van der Waals surface area contributed by atoms with E-state index in [0.717, 1.165) is 37.9 Å². The van der Waals surface area contributed by atoms with E-state index in [-0.39, 0.29) is 36.7 Å². The zero-order valence-electron chi connectivity index (χ0n) is 18.9. The molecular formula is C24H35N3O5. The van der Waals surface area contributed by atoms with Gasteiger partial charge in [-0.15, -0.1) is 0 Å². The van der Waals surface area contributed by atoms with Gasteiger partial charge in [-0.25, -0.2) is 4.79 Å². The van der Waals surface area contributed by atoms with Crippen LogP contribution in [0.2, 0.25) is 0 Å². The molecule has 1 aliphatic carbocycles. The Kier molecular flexibility index (Phi) is 7.02. The van der Waals surface area contributed by atoms with E-state index in [1.807, 2.05) is 30.3 Å². The predicted molar refractivity (Wildman–Crippen MR) is 119 cm³/mol. The van der Waals surface area contributed by atoms with Crippen molar-refractivity contribution in [2.75, 3.05) is 39.3 Å². The fraction of sp³-hybridized carbons (Fsp3) is 0.667. The minimum absolute atomic E-state index is 0.114. The lowest BCUT2D eigenvalue weighted by Crippen LogP contribution is -2.61. The van der Waals surface area contributed by atoms with Gasteiger partial charge in [0, 0.05) is 26.2 Å². The number of benzene rings is 1. The molecule has 2 heterocycles. The molecule has 0 bridgehead atoms. The topological polar surface area (TPSA) is 93.5 Å². The number of β-amino-alcohol motifs (C(OH)–C–C–N with tert-alkyl or cyclic N) is 1. The van der Waals surface area contributed by atoms with E-state index in [1.165, 1.54) is 4.90 Å². The van der Waals surface area contributed by atoms with Crippen LogP contribution in [0, 0.1) is 5.41 Å². The van der Waals surface area contributed by atoms with E-state index in [9.17, 15) is 19.8 Å². The molecule has 2 aliphatic heterocycles. The lowest BCUT2D eigenvalue weighted by atomic mass is 9.90. The number of piperidine rings is 1. The van der Waals surface area contributed by atoms with Gasteiger partial charge in [-0.1, -0.05) is 30.3 Å². The first-order valence-corrected chi connectivity index (χ1v) is 11.7. The maximum atomic E-state index is 13.0. The average molecular weight is 446 g/mol. The molecule has 2 saturated heterocycles. The largest absolute Gasteiger partial charge is 0.445 e. The first kappa shape index (κ1) is 23.0. The molecule has 176 valence electrons. The minimum atomic E-state index is -0.632. The van der Waals surface area contributed by atoms with Crippen molar-refractivity contribution in [1.82, 2.24) is 14.7 Å². The van der Waals surface area contributed by atoms with Crippen molar-refractivity contribution in [2.45, 2.75) is 57.4 Å². The van der Waals surface area contributed by atoms with Gasteiger partial charge in [-0.2, -0.15) is 0 Å². The number of carbonyl (C=O) groups is 2. The van der Waals surface area contributed by atoms with Gasteiger partial charge in [-0.3, -0.25) is 9.69 Å². The molecule has 2 amide bonds. The summed E-state index contributed by atoms with van der Waals surface area (Å²) in [4.78, 5) is 31.0. The highest BCUT2D eigenvalue weighted by atomic mass is 16.6. The molecule has 8 heteroatoms. The Morgan fingerprint density at radius 1 is 1.19 bits per heavy atom. The third kappa shape index (κ3) is 4.92. The summed E-state index contributed by atoms with van der Waals surface area (Å²) in [6.07, 6.45) is 3.17. The van der Waals surface area contributed by atoms with Gasteiger partial charge in [-0.05, 0) is 50.1 Å². The molecule has 1 saturated carbocycles. The van der Waals surface area contributed by atoms with Crippen LogP contribution in [0.3, 0.4) is 0 Å². The molecule has 0 radical (unpaired) electrons. The quantitative estimate of drug-likeness (QED) is 0.660. The van der Waals surface area contributed by atoms with Gasteiger partial charge in [0.1, 0.15) is 12.6 Å². The summed E-state index contributed by atoms with van der Waals surface area (Å²) in [6.45, 7) is 4.88. The molecule has 0 aromatic heterocycles. The smallest absolute Gasteiger partial charge is 0.410 e. The third-order valence-electron chi connectivity index (χ3n) is 7.52. The molecule has 3 atom stereocenters. The van der Waals surface area contributed by atoms with E-state index >= 15 is 0 Å². The van der Waals surface area contributed by atoms with Crippen LogP contribution in [0.4, 0.5) is 4.79 Å². The molecule has 2 N–H and O–H groups in total. The Morgan fingerprint density at radius 3 is 2.59 bits per heavy atom. The highest BCUT2D eigenvalue weighted by Gasteiger charge is 2.51. The summed E-state index contributed by atoms with van der Waals surface area (Å²) in [7, 11) is 0. The summed E-state index contributed by atoms with van der Waals surface area (Å²) in [5, 5.41) is 20.4. The third-order valence-corrected chi connectivity index (χ3v) is 7.52. The van der Waals surface area contributed by atoms with Gasteiger partial charge in [0.2, 0.25) is 5.91 Å². The van der Waals surface area contributed by atoms with E-state index < -0.39 is 12.1 Å².